The van der Waals surface area contributed by atoms with Crippen molar-refractivity contribution in [2.45, 2.75) is 0 Å². The summed E-state index contributed by atoms with van der Waals surface area (Å²) >= 11 is 3.04. The molecular weight excluding hydrogens is 546 g/mol. The number of rotatable bonds is 7. The summed E-state index contributed by atoms with van der Waals surface area (Å²) in [6.45, 7) is 0. The Morgan fingerprint density at radius 1 is 0.694 bits per heavy atom. The number of hydrogen-bond donors (Lipinski definition) is 2. The van der Waals surface area contributed by atoms with E-state index in [0.717, 1.165) is 42.5 Å². The zero-order chi connectivity index (χ0) is 26.7. The molecule has 0 unspecified atom stereocenters. The molecule has 0 bridgehead atoms. The molecular formula is C22H12BrN3O10. The first-order chi connectivity index (χ1) is 16.9. The molecule has 13 nitrogen and oxygen atoms in total. The molecule has 14 heteroatoms. The Kier molecular flexibility index (Phi) is 7.20. The van der Waals surface area contributed by atoms with Crippen molar-refractivity contribution in [2.24, 2.45) is 0 Å². The van der Waals surface area contributed by atoms with Gasteiger partial charge in [-0.15, -0.1) is 0 Å². The number of benzene rings is 3. The number of non-ortho nitro benzene ring substituents is 2. The summed E-state index contributed by atoms with van der Waals surface area (Å²) in [6, 6.07) is 10.1. The van der Waals surface area contributed by atoms with Crippen LogP contribution in [0.25, 0.3) is 0 Å². The smallest absolute Gasteiger partial charge is 0.336 e. The second kappa shape index (κ2) is 10.1. The Balaban J connectivity index is 2.32. The Bertz CT molecular complexity index is 1470. The summed E-state index contributed by atoms with van der Waals surface area (Å²) < 4.78 is -0.145. The molecule has 0 radical (unpaired) electrons. The molecule has 3 aromatic carbocycles. The van der Waals surface area contributed by atoms with Gasteiger partial charge >= 0.3 is 11.9 Å². The van der Waals surface area contributed by atoms with Crippen LogP contribution in [0.2, 0.25) is 0 Å². The number of nitro benzene ring substituents is 2. The molecule has 0 saturated heterocycles. The lowest BCUT2D eigenvalue weighted by Crippen LogP contribution is -2.39. The predicted octanol–water partition coefficient (Wildman–Crippen LogP) is 4.15. The van der Waals surface area contributed by atoms with E-state index in [4.69, 9.17) is 0 Å². The molecule has 2 amide bonds. The number of imide groups is 1. The Labute approximate surface area is 208 Å². The Morgan fingerprint density at radius 3 is 1.69 bits per heavy atom. The minimum atomic E-state index is -1.63. The molecule has 0 heterocycles. The molecule has 3 rings (SSSR count). The van der Waals surface area contributed by atoms with Crippen molar-refractivity contribution in [1.82, 2.24) is 0 Å². The third-order valence-electron chi connectivity index (χ3n) is 4.85. The van der Waals surface area contributed by atoms with E-state index < -0.39 is 67.2 Å². The van der Waals surface area contributed by atoms with Gasteiger partial charge in [-0.1, -0.05) is 12.1 Å². The number of aromatic carboxylic acids is 2. The zero-order valence-corrected chi connectivity index (χ0v) is 19.2. The van der Waals surface area contributed by atoms with E-state index in [0.29, 0.717) is 11.0 Å². The third kappa shape index (κ3) is 4.92. The van der Waals surface area contributed by atoms with Crippen LogP contribution < -0.4 is 4.90 Å². The maximum atomic E-state index is 13.6. The molecule has 0 fully saturated rings. The first-order valence-corrected chi connectivity index (χ1v) is 10.4. The number of carbonyl (C=O) groups is 4. The molecule has 0 aliphatic rings. The SMILES string of the molecule is O=C(O)c1ccccc1C(=O)N(C(=O)c1cc([N+](=O)[O-])ccc1C(=O)O)c1ccc([N+](=O)[O-])cc1Br. The molecule has 36 heavy (non-hydrogen) atoms. The summed E-state index contributed by atoms with van der Waals surface area (Å²) in [4.78, 5) is 71.8. The number of carbonyl (C=O) groups excluding carboxylic acids is 2. The van der Waals surface area contributed by atoms with E-state index in [-0.39, 0.29) is 10.2 Å². The summed E-state index contributed by atoms with van der Waals surface area (Å²) in [5.74, 6) is -5.71. The molecule has 0 aliphatic heterocycles. The second-order valence-electron chi connectivity index (χ2n) is 6.98. The Morgan fingerprint density at radius 2 is 1.17 bits per heavy atom. The van der Waals surface area contributed by atoms with Crippen LogP contribution in [-0.4, -0.2) is 43.8 Å². The van der Waals surface area contributed by atoms with Crippen molar-refractivity contribution >= 4 is 56.7 Å². The van der Waals surface area contributed by atoms with E-state index in [9.17, 15) is 49.6 Å². The van der Waals surface area contributed by atoms with E-state index in [2.05, 4.69) is 15.9 Å². The quantitative estimate of drug-likeness (QED) is 0.241. The number of carboxylic acids is 2. The van der Waals surface area contributed by atoms with Crippen LogP contribution in [0.1, 0.15) is 41.4 Å². The van der Waals surface area contributed by atoms with Gasteiger partial charge in [-0.2, -0.15) is 0 Å². The first-order valence-electron chi connectivity index (χ1n) is 9.60. The van der Waals surface area contributed by atoms with Crippen LogP contribution in [0, 0.1) is 20.2 Å². The number of nitro groups is 2. The van der Waals surface area contributed by atoms with Crippen LogP contribution in [0.4, 0.5) is 17.1 Å². The highest BCUT2D eigenvalue weighted by Gasteiger charge is 2.33. The highest BCUT2D eigenvalue weighted by molar-refractivity contribution is 9.10. The maximum absolute atomic E-state index is 13.6. The van der Waals surface area contributed by atoms with Gasteiger partial charge in [0.15, 0.2) is 0 Å². The van der Waals surface area contributed by atoms with Crippen molar-refractivity contribution in [1.29, 1.82) is 0 Å². The minimum Gasteiger partial charge on any atom is -0.478 e. The largest absolute Gasteiger partial charge is 0.478 e. The van der Waals surface area contributed by atoms with Crippen LogP contribution in [-0.2, 0) is 0 Å². The summed E-state index contributed by atoms with van der Waals surface area (Å²) in [5, 5.41) is 41.4. The van der Waals surface area contributed by atoms with Gasteiger partial charge in [0, 0.05) is 28.7 Å². The number of amides is 2. The molecule has 2 N–H and O–H groups in total. The third-order valence-corrected chi connectivity index (χ3v) is 5.49. The molecule has 0 aromatic heterocycles. The van der Waals surface area contributed by atoms with Gasteiger partial charge in [-0.25, -0.2) is 14.5 Å². The monoisotopic (exact) mass is 557 g/mol. The normalized spacial score (nSPS) is 10.4. The number of carboxylic acid groups (broad SMARTS) is 2. The van der Waals surface area contributed by atoms with Gasteiger partial charge in [0.2, 0.25) is 0 Å². The lowest BCUT2D eigenvalue weighted by molar-refractivity contribution is -0.385. The van der Waals surface area contributed by atoms with Crippen LogP contribution in [0.3, 0.4) is 0 Å². The van der Waals surface area contributed by atoms with Gasteiger partial charge in [0.1, 0.15) is 0 Å². The van der Waals surface area contributed by atoms with Crippen molar-refractivity contribution in [3.05, 3.63) is 108 Å². The lowest BCUT2D eigenvalue weighted by Gasteiger charge is -2.23. The highest BCUT2D eigenvalue weighted by Crippen LogP contribution is 2.33. The summed E-state index contributed by atoms with van der Waals surface area (Å²) in [5.41, 5.74) is -3.75. The number of nitrogens with zero attached hydrogens (tertiary/aromatic N) is 3. The van der Waals surface area contributed by atoms with Crippen molar-refractivity contribution in [2.75, 3.05) is 4.90 Å². The van der Waals surface area contributed by atoms with E-state index in [1.54, 1.807) is 0 Å². The minimum absolute atomic E-state index is 0.145. The van der Waals surface area contributed by atoms with E-state index >= 15 is 0 Å². The topological polar surface area (TPSA) is 198 Å². The van der Waals surface area contributed by atoms with E-state index in [1.807, 2.05) is 0 Å². The standard InChI is InChI=1S/C22H12BrN3O10/c23-17-10-12(26(35)36)6-8-18(17)24(19(27)13-3-1-2-4-14(13)21(29)30)20(28)16-9-11(25(33)34)5-7-15(16)22(31)32/h1-10H,(H,29,30)(H,31,32). The number of halogens is 1. The van der Waals surface area contributed by atoms with E-state index in [1.165, 1.54) is 12.1 Å². The first kappa shape index (κ1) is 25.6. The zero-order valence-electron chi connectivity index (χ0n) is 17.7. The number of anilines is 1. The summed E-state index contributed by atoms with van der Waals surface area (Å²) in [6.07, 6.45) is 0. The summed E-state index contributed by atoms with van der Waals surface area (Å²) in [7, 11) is 0. The van der Waals surface area contributed by atoms with Crippen molar-refractivity contribution in [3.8, 4) is 0 Å². The molecule has 0 saturated carbocycles. The molecule has 182 valence electrons. The van der Waals surface area contributed by atoms with Gasteiger partial charge in [-0.3, -0.25) is 29.8 Å². The van der Waals surface area contributed by atoms with Crippen molar-refractivity contribution in [3.63, 3.8) is 0 Å². The maximum Gasteiger partial charge on any atom is 0.336 e. The predicted molar refractivity (Wildman–Crippen MR) is 125 cm³/mol. The van der Waals surface area contributed by atoms with Crippen molar-refractivity contribution < 1.29 is 39.2 Å². The lowest BCUT2D eigenvalue weighted by atomic mass is 10.0. The van der Waals surface area contributed by atoms with Crippen LogP contribution in [0.5, 0.6) is 0 Å². The highest BCUT2D eigenvalue weighted by atomic mass is 79.9. The van der Waals surface area contributed by atoms with Gasteiger partial charge in [-0.05, 0) is 40.2 Å². The average Bonchev–Trinajstić information content (AvgIpc) is 2.84. The molecule has 3 aromatic rings. The fourth-order valence-corrected chi connectivity index (χ4v) is 3.75. The van der Waals surface area contributed by atoms with Crippen LogP contribution >= 0.6 is 15.9 Å². The fraction of sp³-hybridized carbons (Fsp3) is 0. The molecule has 0 atom stereocenters. The fourth-order valence-electron chi connectivity index (χ4n) is 3.21. The van der Waals surface area contributed by atoms with Crippen LogP contribution in [0.15, 0.2) is 65.1 Å². The average molecular weight is 558 g/mol. The Hall–Kier alpha value is -4.98. The number of hydrogen-bond acceptors (Lipinski definition) is 8. The second-order valence-corrected chi connectivity index (χ2v) is 7.84. The molecule has 0 spiro atoms. The van der Waals surface area contributed by atoms with Gasteiger partial charge in [0.25, 0.3) is 23.2 Å². The molecule has 0 aliphatic carbocycles. The van der Waals surface area contributed by atoms with Gasteiger partial charge in [0.05, 0.1) is 37.8 Å². The van der Waals surface area contributed by atoms with Gasteiger partial charge < -0.3 is 10.2 Å².